The summed E-state index contributed by atoms with van der Waals surface area (Å²) >= 11 is 1.39. The summed E-state index contributed by atoms with van der Waals surface area (Å²) in [4.78, 5) is 13.4. The standard InChI is InChI=1S/C22H23NO3S2/c1-16-10-11-19(13-17(16)2)28(25,26)21(20-9-6-12-27-20)15-23-22(24)14-18-7-4-3-5-8-18/h3-13,21H,14-15H2,1-2H3,(H,23,24)/t21-/m1/s1. The molecule has 0 unspecified atom stereocenters. The number of carbonyl (C=O) groups is 1. The Hall–Kier alpha value is -2.44. The largest absolute Gasteiger partial charge is 0.354 e. The minimum absolute atomic E-state index is 0.0431. The number of nitrogens with one attached hydrogen (secondary N) is 1. The smallest absolute Gasteiger partial charge is 0.224 e. The van der Waals surface area contributed by atoms with E-state index >= 15 is 0 Å². The summed E-state index contributed by atoms with van der Waals surface area (Å²) in [5, 5.41) is 3.85. The number of hydrogen-bond acceptors (Lipinski definition) is 4. The second-order valence-electron chi connectivity index (χ2n) is 6.76. The van der Waals surface area contributed by atoms with Gasteiger partial charge in [0.15, 0.2) is 9.84 Å². The molecule has 2 aromatic carbocycles. The number of sulfone groups is 1. The van der Waals surface area contributed by atoms with E-state index < -0.39 is 15.1 Å². The van der Waals surface area contributed by atoms with Crippen molar-refractivity contribution in [1.82, 2.24) is 5.32 Å². The van der Waals surface area contributed by atoms with E-state index in [-0.39, 0.29) is 23.8 Å². The Bertz CT molecular complexity index is 1040. The summed E-state index contributed by atoms with van der Waals surface area (Å²) in [5.74, 6) is -0.192. The number of carbonyl (C=O) groups excluding carboxylic acids is 1. The van der Waals surface area contributed by atoms with Crippen molar-refractivity contribution in [3.63, 3.8) is 0 Å². The van der Waals surface area contributed by atoms with Gasteiger partial charge in [-0.05, 0) is 54.1 Å². The van der Waals surface area contributed by atoms with E-state index in [1.165, 1.54) is 11.3 Å². The van der Waals surface area contributed by atoms with Crippen LogP contribution in [0.1, 0.15) is 26.8 Å². The SMILES string of the molecule is Cc1ccc(S(=O)(=O)[C@H](CNC(=O)Cc2ccccc2)c2cccs2)cc1C. The molecule has 0 aliphatic heterocycles. The van der Waals surface area contributed by atoms with Gasteiger partial charge in [-0.3, -0.25) is 4.79 Å². The van der Waals surface area contributed by atoms with Crippen molar-refractivity contribution in [2.75, 3.05) is 6.54 Å². The number of aryl methyl sites for hydroxylation is 2. The molecule has 0 radical (unpaired) electrons. The molecule has 0 fully saturated rings. The van der Waals surface area contributed by atoms with Crippen LogP contribution in [-0.4, -0.2) is 20.9 Å². The highest BCUT2D eigenvalue weighted by Gasteiger charge is 2.30. The average Bonchev–Trinajstić information content (AvgIpc) is 3.19. The van der Waals surface area contributed by atoms with Gasteiger partial charge in [0, 0.05) is 11.4 Å². The normalized spacial score (nSPS) is 12.5. The third-order valence-corrected chi connectivity index (χ3v) is 7.95. The second-order valence-corrected chi connectivity index (χ2v) is 9.87. The molecule has 6 heteroatoms. The van der Waals surface area contributed by atoms with Gasteiger partial charge in [-0.1, -0.05) is 42.5 Å². The topological polar surface area (TPSA) is 63.2 Å². The van der Waals surface area contributed by atoms with Crippen LogP contribution in [0.5, 0.6) is 0 Å². The monoisotopic (exact) mass is 413 g/mol. The quantitative estimate of drug-likeness (QED) is 0.630. The van der Waals surface area contributed by atoms with Crippen LogP contribution in [0.25, 0.3) is 0 Å². The molecule has 1 heterocycles. The number of rotatable bonds is 7. The lowest BCUT2D eigenvalue weighted by atomic mass is 10.1. The summed E-state index contributed by atoms with van der Waals surface area (Å²) in [6, 6.07) is 18.2. The van der Waals surface area contributed by atoms with Crippen molar-refractivity contribution in [2.45, 2.75) is 30.4 Å². The van der Waals surface area contributed by atoms with Crippen LogP contribution in [0.2, 0.25) is 0 Å². The van der Waals surface area contributed by atoms with Gasteiger partial charge in [-0.25, -0.2) is 8.42 Å². The third kappa shape index (κ3) is 4.69. The van der Waals surface area contributed by atoms with Gasteiger partial charge in [0.25, 0.3) is 0 Å². The van der Waals surface area contributed by atoms with E-state index in [1.54, 1.807) is 18.2 Å². The minimum Gasteiger partial charge on any atom is -0.354 e. The van der Waals surface area contributed by atoms with Crippen molar-refractivity contribution < 1.29 is 13.2 Å². The van der Waals surface area contributed by atoms with Gasteiger partial charge in [-0.2, -0.15) is 0 Å². The van der Waals surface area contributed by atoms with Crippen LogP contribution in [0, 0.1) is 13.8 Å². The summed E-state index contributed by atoms with van der Waals surface area (Å²) in [7, 11) is -3.64. The zero-order valence-corrected chi connectivity index (χ0v) is 17.5. The van der Waals surface area contributed by atoms with Crippen LogP contribution in [-0.2, 0) is 21.1 Å². The molecule has 3 aromatic rings. The zero-order valence-electron chi connectivity index (χ0n) is 15.9. The molecule has 146 valence electrons. The van der Waals surface area contributed by atoms with Gasteiger partial charge < -0.3 is 5.32 Å². The van der Waals surface area contributed by atoms with Crippen LogP contribution < -0.4 is 5.32 Å². The van der Waals surface area contributed by atoms with Crippen molar-refractivity contribution in [3.05, 3.63) is 87.6 Å². The van der Waals surface area contributed by atoms with Gasteiger partial charge in [0.1, 0.15) is 5.25 Å². The van der Waals surface area contributed by atoms with E-state index in [4.69, 9.17) is 0 Å². The Balaban J connectivity index is 1.81. The van der Waals surface area contributed by atoms with E-state index in [9.17, 15) is 13.2 Å². The van der Waals surface area contributed by atoms with Crippen molar-refractivity contribution in [3.8, 4) is 0 Å². The summed E-state index contributed by atoms with van der Waals surface area (Å²) in [5.41, 5.74) is 2.87. The van der Waals surface area contributed by atoms with Crippen molar-refractivity contribution in [1.29, 1.82) is 0 Å². The molecule has 0 aliphatic rings. The molecule has 0 spiro atoms. The Morgan fingerprint density at radius 2 is 1.75 bits per heavy atom. The molecule has 28 heavy (non-hydrogen) atoms. The molecule has 0 aliphatic carbocycles. The van der Waals surface area contributed by atoms with Crippen LogP contribution in [0.15, 0.2) is 70.9 Å². The molecule has 4 nitrogen and oxygen atoms in total. The van der Waals surface area contributed by atoms with Gasteiger partial charge in [0.2, 0.25) is 5.91 Å². The highest BCUT2D eigenvalue weighted by molar-refractivity contribution is 7.91. The molecular formula is C22H23NO3S2. The third-order valence-electron chi connectivity index (χ3n) is 4.73. The summed E-state index contributed by atoms with van der Waals surface area (Å²) in [6.45, 7) is 3.89. The number of amides is 1. The fraction of sp³-hybridized carbons (Fsp3) is 0.227. The number of thiophene rings is 1. The maximum absolute atomic E-state index is 13.3. The molecule has 1 atom stereocenters. The fourth-order valence-electron chi connectivity index (χ4n) is 2.94. The Kier molecular flexibility index (Phi) is 6.31. The van der Waals surface area contributed by atoms with E-state index in [2.05, 4.69) is 5.32 Å². The van der Waals surface area contributed by atoms with Crippen LogP contribution >= 0.6 is 11.3 Å². The van der Waals surface area contributed by atoms with E-state index in [0.717, 1.165) is 21.6 Å². The molecule has 1 aromatic heterocycles. The van der Waals surface area contributed by atoms with Crippen LogP contribution in [0.3, 0.4) is 0 Å². The van der Waals surface area contributed by atoms with Crippen LogP contribution in [0.4, 0.5) is 0 Å². The maximum Gasteiger partial charge on any atom is 0.224 e. The summed E-state index contributed by atoms with van der Waals surface area (Å²) in [6.07, 6.45) is 0.224. The van der Waals surface area contributed by atoms with Gasteiger partial charge >= 0.3 is 0 Å². The lowest BCUT2D eigenvalue weighted by Gasteiger charge is -2.18. The highest BCUT2D eigenvalue weighted by Crippen LogP contribution is 2.32. The van der Waals surface area contributed by atoms with E-state index in [1.807, 2.05) is 61.7 Å². The first-order valence-electron chi connectivity index (χ1n) is 9.03. The highest BCUT2D eigenvalue weighted by atomic mass is 32.2. The molecular weight excluding hydrogens is 390 g/mol. The second kappa shape index (κ2) is 8.71. The van der Waals surface area contributed by atoms with Crippen molar-refractivity contribution in [2.24, 2.45) is 0 Å². The van der Waals surface area contributed by atoms with Gasteiger partial charge in [0.05, 0.1) is 11.3 Å². The first-order valence-corrected chi connectivity index (χ1v) is 11.5. The average molecular weight is 414 g/mol. The lowest BCUT2D eigenvalue weighted by molar-refractivity contribution is -0.120. The molecule has 1 N–H and O–H groups in total. The molecule has 3 rings (SSSR count). The number of benzene rings is 2. The predicted octanol–water partition coefficient (Wildman–Crippen LogP) is 4.24. The zero-order chi connectivity index (χ0) is 20.1. The Morgan fingerprint density at radius 3 is 2.39 bits per heavy atom. The fourth-order valence-corrected chi connectivity index (χ4v) is 5.81. The van der Waals surface area contributed by atoms with Gasteiger partial charge in [-0.15, -0.1) is 11.3 Å². The maximum atomic E-state index is 13.3. The Labute approximate surface area is 170 Å². The van der Waals surface area contributed by atoms with E-state index in [0.29, 0.717) is 0 Å². The van der Waals surface area contributed by atoms with Crippen molar-refractivity contribution >= 4 is 27.1 Å². The molecule has 0 saturated heterocycles. The molecule has 1 amide bonds. The number of hydrogen-bond donors (Lipinski definition) is 1. The summed E-state index contributed by atoms with van der Waals surface area (Å²) < 4.78 is 26.6. The predicted molar refractivity (Wildman–Crippen MR) is 113 cm³/mol. The Morgan fingerprint density at radius 1 is 1.00 bits per heavy atom. The molecule has 0 bridgehead atoms. The molecule has 0 saturated carbocycles. The lowest BCUT2D eigenvalue weighted by Crippen LogP contribution is -2.32. The first-order chi connectivity index (χ1) is 13.4. The minimum atomic E-state index is -3.64. The first kappa shape index (κ1) is 20.3.